The van der Waals surface area contributed by atoms with E-state index >= 15 is 0 Å². The molecule has 0 saturated heterocycles. The first-order chi connectivity index (χ1) is 11.1. The normalized spacial score (nSPS) is 13.7. The van der Waals surface area contributed by atoms with Crippen molar-refractivity contribution in [3.8, 4) is 0 Å². The zero-order valence-electron chi connectivity index (χ0n) is 14.1. The van der Waals surface area contributed by atoms with Crippen molar-refractivity contribution >= 4 is 0 Å². The topological polar surface area (TPSA) is 56.2 Å². The van der Waals surface area contributed by atoms with Crippen LogP contribution in [0.1, 0.15) is 0 Å². The van der Waals surface area contributed by atoms with E-state index in [1.807, 2.05) is 9.80 Å². The highest BCUT2D eigenvalue weighted by Gasteiger charge is 2.13. The van der Waals surface area contributed by atoms with E-state index in [0.29, 0.717) is 39.3 Å². The van der Waals surface area contributed by atoms with Crippen molar-refractivity contribution in [1.82, 2.24) is 9.80 Å². The van der Waals surface area contributed by atoms with Crippen LogP contribution in [0, 0.1) is 0 Å². The summed E-state index contributed by atoms with van der Waals surface area (Å²) in [7, 11) is 0. The molecule has 0 heterocycles. The smallest absolute Gasteiger partial charge is 0.0900 e. The molecule has 2 atom stereocenters. The molecule has 0 bridgehead atoms. The lowest BCUT2D eigenvalue weighted by atomic mass is 10.3. The number of aliphatic hydroxyl groups excluding tert-OH is 2. The van der Waals surface area contributed by atoms with Gasteiger partial charge in [-0.15, -0.1) is 26.3 Å². The second-order valence-electron chi connectivity index (χ2n) is 5.44. The van der Waals surface area contributed by atoms with Crippen molar-refractivity contribution < 1.29 is 14.9 Å². The molecule has 0 saturated carbocycles. The van der Waals surface area contributed by atoms with Crippen molar-refractivity contribution in [2.75, 3.05) is 52.5 Å². The average molecular weight is 324 g/mol. The van der Waals surface area contributed by atoms with Gasteiger partial charge in [-0.2, -0.15) is 0 Å². The molecule has 5 nitrogen and oxygen atoms in total. The molecular formula is C18H32N2O3. The number of hydrogen-bond donors (Lipinski definition) is 2. The molecule has 0 aromatic carbocycles. The standard InChI is InChI=1S/C18H32N2O3/c1-5-9-19(10-6-2)13-17(21)15-23-16-18(22)14-20(11-7-3)12-8-4/h5-8,17-18,21-22H,1-4,9-16H2. The van der Waals surface area contributed by atoms with Crippen molar-refractivity contribution in [2.45, 2.75) is 12.2 Å². The van der Waals surface area contributed by atoms with Crippen LogP contribution >= 0.6 is 0 Å². The number of nitrogens with zero attached hydrogens (tertiary/aromatic N) is 2. The van der Waals surface area contributed by atoms with Crippen molar-refractivity contribution in [1.29, 1.82) is 0 Å². The van der Waals surface area contributed by atoms with E-state index in [1.54, 1.807) is 24.3 Å². The van der Waals surface area contributed by atoms with Crippen LogP contribution in [-0.4, -0.2) is 84.7 Å². The minimum absolute atomic E-state index is 0.185. The van der Waals surface area contributed by atoms with E-state index in [2.05, 4.69) is 26.3 Å². The Kier molecular flexibility index (Phi) is 13.6. The summed E-state index contributed by atoms with van der Waals surface area (Å²) < 4.78 is 5.41. The van der Waals surface area contributed by atoms with E-state index in [1.165, 1.54) is 0 Å². The van der Waals surface area contributed by atoms with Gasteiger partial charge < -0.3 is 14.9 Å². The van der Waals surface area contributed by atoms with E-state index < -0.39 is 12.2 Å². The van der Waals surface area contributed by atoms with Crippen molar-refractivity contribution in [3.63, 3.8) is 0 Å². The first-order valence-corrected chi connectivity index (χ1v) is 7.89. The van der Waals surface area contributed by atoms with Gasteiger partial charge in [0.25, 0.3) is 0 Å². The van der Waals surface area contributed by atoms with E-state index in [9.17, 15) is 10.2 Å². The summed E-state index contributed by atoms with van der Waals surface area (Å²) in [5, 5.41) is 20.0. The highest BCUT2D eigenvalue weighted by molar-refractivity contribution is 4.82. The van der Waals surface area contributed by atoms with Crippen LogP contribution in [0.25, 0.3) is 0 Å². The molecule has 5 heteroatoms. The van der Waals surface area contributed by atoms with Crippen LogP contribution in [0.15, 0.2) is 50.6 Å². The minimum atomic E-state index is -0.612. The highest BCUT2D eigenvalue weighted by Crippen LogP contribution is 1.98. The fraction of sp³-hybridized carbons (Fsp3) is 0.556. The molecule has 0 fully saturated rings. The van der Waals surface area contributed by atoms with Gasteiger partial charge in [-0.1, -0.05) is 24.3 Å². The third-order valence-corrected chi connectivity index (χ3v) is 3.11. The first-order valence-electron chi connectivity index (χ1n) is 7.89. The summed E-state index contributed by atoms with van der Waals surface area (Å²) in [4.78, 5) is 4.03. The number of aliphatic hydroxyl groups is 2. The Morgan fingerprint density at radius 3 is 1.26 bits per heavy atom. The molecule has 0 aromatic heterocycles. The van der Waals surface area contributed by atoms with Gasteiger partial charge in [0.1, 0.15) is 0 Å². The largest absolute Gasteiger partial charge is 0.389 e. The molecule has 0 amide bonds. The zero-order valence-corrected chi connectivity index (χ0v) is 14.1. The lowest BCUT2D eigenvalue weighted by molar-refractivity contribution is -0.0227. The Bertz CT molecular complexity index is 295. The van der Waals surface area contributed by atoms with Gasteiger partial charge in [0, 0.05) is 39.3 Å². The molecule has 0 aromatic rings. The lowest BCUT2D eigenvalue weighted by Crippen LogP contribution is -2.38. The Labute approximate surface area is 140 Å². The third kappa shape index (κ3) is 11.9. The predicted molar refractivity (Wildman–Crippen MR) is 96.5 cm³/mol. The fourth-order valence-corrected chi connectivity index (χ4v) is 2.22. The van der Waals surface area contributed by atoms with E-state index in [0.717, 1.165) is 0 Å². The van der Waals surface area contributed by atoms with Crippen LogP contribution in [0.4, 0.5) is 0 Å². The highest BCUT2D eigenvalue weighted by atomic mass is 16.5. The quantitative estimate of drug-likeness (QED) is 0.416. The summed E-state index contributed by atoms with van der Waals surface area (Å²) in [5.41, 5.74) is 0. The summed E-state index contributed by atoms with van der Waals surface area (Å²) in [6.07, 6.45) is 5.92. The lowest BCUT2D eigenvalue weighted by Gasteiger charge is -2.24. The summed E-state index contributed by atoms with van der Waals surface area (Å²) in [5.74, 6) is 0. The molecule has 0 spiro atoms. The number of ether oxygens (including phenoxy) is 1. The summed E-state index contributed by atoms with van der Waals surface area (Å²) in [6.45, 7) is 18.8. The maximum absolute atomic E-state index is 9.98. The molecular weight excluding hydrogens is 292 g/mol. The molecule has 0 aliphatic rings. The van der Waals surface area contributed by atoms with Gasteiger partial charge in [0.05, 0.1) is 25.4 Å². The Morgan fingerprint density at radius 1 is 0.696 bits per heavy atom. The number of rotatable bonds is 16. The van der Waals surface area contributed by atoms with E-state index in [4.69, 9.17) is 4.74 Å². The molecule has 132 valence electrons. The molecule has 2 N–H and O–H groups in total. The Balaban J connectivity index is 4.01. The molecule has 0 aliphatic carbocycles. The van der Waals surface area contributed by atoms with Gasteiger partial charge in [0.15, 0.2) is 0 Å². The van der Waals surface area contributed by atoms with Gasteiger partial charge in [-0.05, 0) is 0 Å². The second kappa shape index (κ2) is 14.4. The van der Waals surface area contributed by atoms with Crippen molar-refractivity contribution in [3.05, 3.63) is 50.6 Å². The van der Waals surface area contributed by atoms with Gasteiger partial charge in [-0.25, -0.2) is 0 Å². The second-order valence-corrected chi connectivity index (χ2v) is 5.44. The first kappa shape index (κ1) is 21.8. The Hall–Kier alpha value is -1.24. The maximum Gasteiger partial charge on any atom is 0.0900 e. The van der Waals surface area contributed by atoms with Crippen LogP contribution in [-0.2, 0) is 4.74 Å². The molecule has 0 aliphatic heterocycles. The average Bonchev–Trinajstić information content (AvgIpc) is 2.48. The van der Waals surface area contributed by atoms with Gasteiger partial charge >= 0.3 is 0 Å². The molecule has 0 radical (unpaired) electrons. The van der Waals surface area contributed by atoms with Crippen LogP contribution in [0.3, 0.4) is 0 Å². The summed E-state index contributed by atoms with van der Waals surface area (Å²) in [6, 6.07) is 0. The maximum atomic E-state index is 9.98. The zero-order chi connectivity index (χ0) is 17.5. The molecule has 0 rings (SSSR count). The SMILES string of the molecule is C=CCN(CC=C)CC(O)COCC(O)CN(CC=C)CC=C. The Morgan fingerprint density at radius 2 is 1.00 bits per heavy atom. The third-order valence-electron chi connectivity index (χ3n) is 3.11. The van der Waals surface area contributed by atoms with Crippen molar-refractivity contribution in [2.24, 2.45) is 0 Å². The summed E-state index contributed by atoms with van der Waals surface area (Å²) >= 11 is 0. The van der Waals surface area contributed by atoms with E-state index in [-0.39, 0.29) is 13.2 Å². The minimum Gasteiger partial charge on any atom is -0.389 e. The monoisotopic (exact) mass is 324 g/mol. The van der Waals surface area contributed by atoms with Crippen LogP contribution < -0.4 is 0 Å². The molecule has 23 heavy (non-hydrogen) atoms. The fourth-order valence-electron chi connectivity index (χ4n) is 2.22. The number of hydrogen-bond acceptors (Lipinski definition) is 5. The van der Waals surface area contributed by atoms with Gasteiger partial charge in [-0.3, -0.25) is 9.80 Å². The predicted octanol–water partition coefficient (Wildman–Crippen LogP) is 1.07. The van der Waals surface area contributed by atoms with Gasteiger partial charge in [0.2, 0.25) is 0 Å². The molecule has 2 unspecified atom stereocenters. The van der Waals surface area contributed by atoms with Crippen LogP contribution in [0.5, 0.6) is 0 Å². The van der Waals surface area contributed by atoms with Crippen LogP contribution in [0.2, 0.25) is 0 Å².